The second kappa shape index (κ2) is 66.6. The van der Waals surface area contributed by atoms with E-state index in [-0.39, 0.29) is 174 Å². The van der Waals surface area contributed by atoms with Crippen molar-refractivity contribution in [3.63, 3.8) is 0 Å². The van der Waals surface area contributed by atoms with E-state index in [1.54, 1.807) is 6.92 Å². The van der Waals surface area contributed by atoms with Gasteiger partial charge in [-0.2, -0.15) is 0 Å². The van der Waals surface area contributed by atoms with Crippen molar-refractivity contribution in [2.75, 3.05) is 166 Å². The van der Waals surface area contributed by atoms with Crippen molar-refractivity contribution >= 4 is 88.3 Å². The van der Waals surface area contributed by atoms with E-state index in [9.17, 15) is 132 Å². The highest BCUT2D eigenvalue weighted by Crippen LogP contribution is 2.52. The molecule has 0 saturated carbocycles. The molecule has 0 radical (unpaired) electrons. The first-order valence-corrected chi connectivity index (χ1v) is 53.0. The molecule has 22 N–H and O–H groups in total. The second-order valence-electron chi connectivity index (χ2n) is 35.9. The maximum atomic E-state index is 14.6. The largest absolute Gasteiger partial charge is 0.472 e. The minimum atomic E-state index is -5.22. The van der Waals surface area contributed by atoms with E-state index in [2.05, 4.69) is 52.4 Å². The highest BCUT2D eigenvalue weighted by Gasteiger charge is 2.53. The number of ketones is 1. The lowest BCUT2D eigenvalue weighted by molar-refractivity contribution is -0.270. The van der Waals surface area contributed by atoms with E-state index in [1.807, 2.05) is 0 Å². The highest BCUT2D eigenvalue weighted by molar-refractivity contribution is 7.48. The molecular formula is C86H153N10O46P3. The molecule has 0 spiro atoms. The molecule has 0 aromatic heterocycles. The third-order valence-electron chi connectivity index (χ3n) is 23.7. The summed E-state index contributed by atoms with van der Waals surface area (Å²) in [4.78, 5) is 176. The normalized spacial score (nSPS) is 29.0. The molecular weight excluding hydrogens is 2000 g/mol. The van der Waals surface area contributed by atoms with Gasteiger partial charge in [0.25, 0.3) is 0 Å². The number of ether oxygens (including phenoxy) is 13. The van der Waals surface area contributed by atoms with Gasteiger partial charge >= 0.3 is 23.5 Å². The number of rotatable bonds is 73. The minimum Gasteiger partial charge on any atom is -0.394 e. The number of hydrogen-bond acceptors (Lipinski definition) is 43. The number of nitrogens with zero attached hydrogens (tertiary/aromatic N) is 1. The number of phosphoric ester groups is 3. The smallest absolute Gasteiger partial charge is 0.394 e. The molecule has 0 aromatic carbocycles. The van der Waals surface area contributed by atoms with Gasteiger partial charge in [-0.3, -0.25) is 79.9 Å². The number of nitrogens with one attached hydrogen (secondary N) is 9. The Kier molecular flexibility index (Phi) is 58.5. The van der Waals surface area contributed by atoms with Gasteiger partial charge < -0.3 is 180 Å². The molecule has 0 aliphatic carbocycles. The lowest BCUT2D eigenvalue weighted by Crippen LogP contribution is -2.64. The summed E-state index contributed by atoms with van der Waals surface area (Å²) in [5, 5.41) is 126. The molecule has 0 aromatic rings. The van der Waals surface area contributed by atoms with Gasteiger partial charge in [-0.1, -0.05) is 0 Å². The molecule has 0 bridgehead atoms. The number of carbonyl (C=O) groups is 11. The van der Waals surface area contributed by atoms with Crippen LogP contribution in [-0.4, -0.2) is 454 Å². The zero-order valence-electron chi connectivity index (χ0n) is 82.8. The van der Waals surface area contributed by atoms with E-state index in [0.29, 0.717) is 51.4 Å². The summed E-state index contributed by atoms with van der Waals surface area (Å²) in [6.45, 7) is 0.145. The molecule has 145 heavy (non-hydrogen) atoms. The molecule has 10 amide bonds. The van der Waals surface area contributed by atoms with Crippen LogP contribution in [0.2, 0.25) is 0 Å². The number of Topliss-reactive ketones (excluding diaryl/α,β-unsaturated/α-hetero) is 1. The van der Waals surface area contributed by atoms with Crippen LogP contribution in [0.15, 0.2) is 0 Å². The number of unbranched alkanes of at least 4 members (excludes halogenated alkanes) is 4. The minimum absolute atomic E-state index is 0.0170. The van der Waals surface area contributed by atoms with Gasteiger partial charge in [-0.05, 0) is 84.5 Å². The van der Waals surface area contributed by atoms with Gasteiger partial charge in [0.1, 0.15) is 121 Å². The molecule has 6 aliphatic heterocycles. The average Bonchev–Trinajstić information content (AvgIpc) is 1.70. The van der Waals surface area contributed by atoms with E-state index in [4.69, 9.17) is 84.2 Å². The molecule has 27 atom stereocenters. The van der Waals surface area contributed by atoms with Crippen LogP contribution in [0, 0.1) is 0 Å². The number of phosphoric acid groups is 3. The molecule has 838 valence electrons. The maximum absolute atomic E-state index is 14.6. The summed E-state index contributed by atoms with van der Waals surface area (Å²) < 4.78 is 146. The summed E-state index contributed by atoms with van der Waals surface area (Å²) in [5.74, 6) is -5.85. The molecule has 6 aliphatic rings. The molecule has 6 heterocycles. The molecule has 6 fully saturated rings. The fourth-order valence-corrected chi connectivity index (χ4v) is 18.6. The first kappa shape index (κ1) is 127. The van der Waals surface area contributed by atoms with Crippen LogP contribution in [-0.2, 0) is 155 Å². The number of hydrogen-bond donors (Lipinski definition) is 22. The highest BCUT2D eigenvalue weighted by atomic mass is 31.2. The zero-order chi connectivity index (χ0) is 107. The number of amides is 10. The summed E-state index contributed by atoms with van der Waals surface area (Å²) in [5.41, 5.74) is -1.85. The number of aliphatic hydroxyl groups is 10. The third kappa shape index (κ3) is 46.9. The Morgan fingerprint density at radius 1 is 0.400 bits per heavy atom. The molecule has 6 rings (SSSR count). The van der Waals surface area contributed by atoms with Crippen LogP contribution in [0.1, 0.15) is 163 Å². The average molecular weight is 2160 g/mol. The van der Waals surface area contributed by atoms with E-state index >= 15 is 0 Å². The Hall–Kier alpha value is -6.22. The standard InChI is InChI=1S/C86H153N10O46P3/c1-51-38-59(63(136-51)46-135-145(122,123)142-82-64(47-134-143(118,119)125-7)137-52(2)81(82)129-37-36-124-6)141-144(120,121)133-45-56-39-58(104)41-96(56)71(111)40-70(110)95-86(48-126-33-22-67(107)87-25-12-8-18-57(103)19-9-13-30-130-83-72(92-53(3)100)78(115)75(112)60(42-97)138-83,49-127-34-23-68(108)90-28-16-26-88-65(105)20-10-14-31-131-84-73(93-54(4)101)79(116)76(113)61(43-98)139-84)50-128-35-24-69(109)91-29-17-27-89-66(106)21-11-15-32-132-85-74(94-55(5)102)80(117)77(114)62(44-99)140-85/h51-52,56,58-64,72-85,97-99,104,112-117H,8-50H2,1-7H3,(H,87,107)(H,88,105)(H,89,106)(H,90,108)(H,91,109)(H,92,100)(H,93,101)(H,94,102)(H,95,110)(H,118,119)(H,120,121)(H,122,123)/t51-,52-,56-,58+,59-,60?,61?,62?,63+,64+,72?,73?,74?,75-,76-,77-,78+,79+,80+,81-,82+,83+,84+,85+,86?/m0/s1. The molecule has 56 nitrogen and oxygen atoms in total. The maximum Gasteiger partial charge on any atom is 0.472 e. The predicted molar refractivity (Wildman–Crippen MR) is 496 cm³/mol. The third-order valence-corrected chi connectivity index (χ3v) is 26.7. The number of carbonyl (C=O) groups excluding carboxylic acids is 11. The van der Waals surface area contributed by atoms with Gasteiger partial charge in [0, 0.05) is 145 Å². The molecule has 9 unspecified atom stereocenters. The number of β-amino-alcohol motifs (C(OH)–C–C–N with tert-alkyl or cyclic N) is 1. The van der Waals surface area contributed by atoms with Crippen LogP contribution in [0.5, 0.6) is 0 Å². The van der Waals surface area contributed by atoms with Gasteiger partial charge in [-0.15, -0.1) is 0 Å². The van der Waals surface area contributed by atoms with Crippen LogP contribution in [0.3, 0.4) is 0 Å². The Morgan fingerprint density at radius 3 is 1.21 bits per heavy atom. The SMILES string of the molecule is COCCO[C@@H]1[C@H](OP(=O)(O)OC[C@H]2O[C@@H](C)C[C@@H]2OP(=O)(O)OC[C@@H]2C[C@@H](O)CN2C(=O)CC(=O)NC(COCCC(=O)NCCCCC(=O)CCCCO[C@@H]2OC(CO)[C@H](O)[C@H](O)C2NC(C)=O)(COCCC(=O)NCCCNC(=O)CCCCO[C@@H]2OC(CO)[C@H](O)[C@H](O)C2NC(C)=O)COCCC(=O)NCCCNC(=O)CCCCO[C@@H]2OC(CO)[C@H](O)[C@H](O)C2NC(C)=O)[C@@H](COP(=O)(O)OC)O[C@H]1C. The van der Waals surface area contributed by atoms with Crippen molar-refractivity contribution in [3.8, 4) is 0 Å². The number of aliphatic hydroxyl groups excluding tert-OH is 10. The van der Waals surface area contributed by atoms with Crippen LogP contribution < -0.4 is 47.9 Å². The van der Waals surface area contributed by atoms with Crippen LogP contribution in [0.4, 0.5) is 0 Å². The molecule has 6 saturated heterocycles. The van der Waals surface area contributed by atoms with E-state index in [0.717, 1.165) is 12.0 Å². The van der Waals surface area contributed by atoms with Crippen molar-refractivity contribution in [3.05, 3.63) is 0 Å². The molecule has 59 heteroatoms. The van der Waals surface area contributed by atoms with Crippen molar-refractivity contribution in [1.29, 1.82) is 0 Å². The van der Waals surface area contributed by atoms with Gasteiger partial charge in [0.15, 0.2) is 18.9 Å². The Labute approximate surface area is 839 Å². The zero-order valence-corrected chi connectivity index (χ0v) is 85.5. The van der Waals surface area contributed by atoms with Crippen molar-refractivity contribution < 1.29 is 221 Å². The van der Waals surface area contributed by atoms with Crippen LogP contribution >= 0.6 is 23.5 Å². The summed E-state index contributed by atoms with van der Waals surface area (Å²) >= 11 is 0. The lowest BCUT2D eigenvalue weighted by Gasteiger charge is -2.42. The van der Waals surface area contributed by atoms with E-state index < -0.39 is 295 Å². The first-order valence-electron chi connectivity index (χ1n) is 48.5. The Morgan fingerprint density at radius 2 is 0.793 bits per heavy atom. The van der Waals surface area contributed by atoms with Crippen molar-refractivity contribution in [1.82, 2.24) is 52.8 Å². The lowest BCUT2D eigenvalue weighted by atomic mass is 9.97. The van der Waals surface area contributed by atoms with E-state index in [1.165, 1.54) is 34.8 Å². The van der Waals surface area contributed by atoms with Gasteiger partial charge in [0.05, 0.1) is 117 Å². The first-order chi connectivity index (χ1) is 68.9. The summed E-state index contributed by atoms with van der Waals surface area (Å²) in [6.07, 6.45) is -24.0. The summed E-state index contributed by atoms with van der Waals surface area (Å²) in [7, 11) is -12.7. The number of methoxy groups -OCH3 is 1. The van der Waals surface area contributed by atoms with Gasteiger partial charge in [0.2, 0.25) is 59.1 Å². The second-order valence-corrected chi connectivity index (χ2v) is 40.2. The van der Waals surface area contributed by atoms with Gasteiger partial charge in [-0.25, -0.2) is 13.7 Å². The topological polar surface area (TPSA) is 789 Å². The fourth-order valence-electron chi connectivity index (χ4n) is 16.2. The Balaban J connectivity index is 1.09. The van der Waals surface area contributed by atoms with Crippen LogP contribution in [0.25, 0.3) is 0 Å². The van der Waals surface area contributed by atoms with Crippen molar-refractivity contribution in [2.45, 2.75) is 315 Å². The van der Waals surface area contributed by atoms with Crippen molar-refractivity contribution in [2.24, 2.45) is 0 Å². The monoisotopic (exact) mass is 2150 g/mol. The number of likely N-dealkylation sites (tertiary alicyclic amines) is 1. The quantitative estimate of drug-likeness (QED) is 0.0153. The fraction of sp³-hybridized carbons (Fsp3) is 0.872. The Bertz CT molecular complexity index is 3830. The predicted octanol–water partition coefficient (Wildman–Crippen LogP) is -6.33. The summed E-state index contributed by atoms with van der Waals surface area (Å²) in [6, 6.07) is -4.64.